The van der Waals surface area contributed by atoms with Gasteiger partial charge in [0.2, 0.25) is 10.0 Å². The van der Waals surface area contributed by atoms with Gasteiger partial charge in [-0.1, -0.05) is 31.0 Å². The van der Waals surface area contributed by atoms with E-state index in [9.17, 15) is 8.42 Å². The molecular weight excluding hydrogens is 272 g/mol. The Hall–Kier alpha value is -0.620. The van der Waals surface area contributed by atoms with E-state index in [1.165, 1.54) is 6.07 Å². The molecule has 4 nitrogen and oxygen atoms in total. The molecule has 102 valence electrons. The first kappa shape index (κ1) is 15.4. The van der Waals surface area contributed by atoms with Crippen molar-refractivity contribution in [2.24, 2.45) is 5.73 Å². The van der Waals surface area contributed by atoms with Crippen LogP contribution in [0, 0.1) is 0 Å². The van der Waals surface area contributed by atoms with E-state index in [4.69, 9.17) is 17.3 Å². The third kappa shape index (κ3) is 3.95. The number of nitrogens with one attached hydrogen (secondary N) is 1. The molecule has 0 aromatic heterocycles. The molecule has 18 heavy (non-hydrogen) atoms. The molecule has 0 fully saturated rings. The summed E-state index contributed by atoms with van der Waals surface area (Å²) >= 11 is 5.94. The summed E-state index contributed by atoms with van der Waals surface area (Å²) in [5, 5.41) is 0.211. The maximum Gasteiger partial charge on any atom is 0.242 e. The van der Waals surface area contributed by atoms with Crippen LogP contribution in [0.25, 0.3) is 0 Å². The lowest BCUT2D eigenvalue weighted by Gasteiger charge is -2.14. The summed E-state index contributed by atoms with van der Waals surface area (Å²) in [4.78, 5) is 0.0927. The van der Waals surface area contributed by atoms with Crippen molar-refractivity contribution in [3.05, 3.63) is 28.8 Å². The molecule has 1 aromatic rings. The van der Waals surface area contributed by atoms with E-state index in [1.54, 1.807) is 12.1 Å². The summed E-state index contributed by atoms with van der Waals surface area (Å²) in [7, 11) is -3.58. The first-order valence-electron chi connectivity index (χ1n) is 5.91. The van der Waals surface area contributed by atoms with Crippen LogP contribution in [0.4, 0.5) is 0 Å². The molecule has 1 unspecified atom stereocenters. The van der Waals surface area contributed by atoms with E-state index in [2.05, 4.69) is 4.72 Å². The lowest BCUT2D eigenvalue weighted by atomic mass is 10.2. The van der Waals surface area contributed by atoms with E-state index in [1.807, 2.05) is 13.8 Å². The molecule has 0 saturated carbocycles. The second-order valence-electron chi connectivity index (χ2n) is 4.28. The fraction of sp³-hybridized carbons (Fsp3) is 0.500. The lowest BCUT2D eigenvalue weighted by Crippen LogP contribution is -2.32. The van der Waals surface area contributed by atoms with Gasteiger partial charge >= 0.3 is 0 Å². The van der Waals surface area contributed by atoms with Crippen molar-refractivity contribution in [1.29, 1.82) is 0 Å². The maximum atomic E-state index is 12.2. The van der Waals surface area contributed by atoms with Crippen LogP contribution in [-0.4, -0.2) is 14.5 Å². The van der Waals surface area contributed by atoms with Gasteiger partial charge in [0.05, 0.1) is 5.02 Å². The van der Waals surface area contributed by atoms with Gasteiger partial charge in [-0.15, -0.1) is 0 Å². The minimum Gasteiger partial charge on any atom is -0.326 e. The van der Waals surface area contributed by atoms with E-state index in [-0.39, 0.29) is 22.5 Å². The van der Waals surface area contributed by atoms with Crippen molar-refractivity contribution in [2.75, 3.05) is 0 Å². The standard InChI is InChI=1S/C12H19ClN2O2S/c1-3-4-9(2)15-18(16,17)12-7-10(8-14)5-6-11(12)13/h5-7,9,15H,3-4,8,14H2,1-2H3. The van der Waals surface area contributed by atoms with Crippen LogP contribution in [0.15, 0.2) is 23.1 Å². The van der Waals surface area contributed by atoms with Gasteiger partial charge < -0.3 is 5.73 Å². The van der Waals surface area contributed by atoms with Gasteiger partial charge in [-0.25, -0.2) is 13.1 Å². The second kappa shape index (κ2) is 6.52. The van der Waals surface area contributed by atoms with Crippen LogP contribution in [0.1, 0.15) is 32.3 Å². The van der Waals surface area contributed by atoms with Crippen LogP contribution in [0.3, 0.4) is 0 Å². The molecule has 0 heterocycles. The molecule has 0 aliphatic carbocycles. The minimum absolute atomic E-state index is 0.0927. The summed E-state index contributed by atoms with van der Waals surface area (Å²) < 4.78 is 27.0. The Labute approximate surface area is 114 Å². The third-order valence-corrected chi connectivity index (χ3v) is 4.67. The number of benzene rings is 1. The van der Waals surface area contributed by atoms with Crippen molar-refractivity contribution >= 4 is 21.6 Å². The second-order valence-corrected chi connectivity index (χ2v) is 6.37. The summed E-state index contributed by atoms with van der Waals surface area (Å²) in [6, 6.07) is 4.68. The molecule has 0 radical (unpaired) electrons. The highest BCUT2D eigenvalue weighted by Crippen LogP contribution is 2.23. The fourth-order valence-corrected chi connectivity index (χ4v) is 3.53. The van der Waals surface area contributed by atoms with Gasteiger partial charge in [-0.05, 0) is 31.0 Å². The zero-order chi connectivity index (χ0) is 13.8. The average Bonchev–Trinajstić information content (AvgIpc) is 2.29. The third-order valence-electron chi connectivity index (χ3n) is 2.60. The average molecular weight is 291 g/mol. The maximum absolute atomic E-state index is 12.2. The van der Waals surface area contributed by atoms with E-state index in [0.29, 0.717) is 0 Å². The summed E-state index contributed by atoms with van der Waals surface area (Å²) in [6.45, 7) is 4.12. The van der Waals surface area contributed by atoms with Crippen molar-refractivity contribution in [2.45, 2.75) is 44.2 Å². The van der Waals surface area contributed by atoms with Gasteiger partial charge in [0.15, 0.2) is 0 Å². The Bertz CT molecular complexity index is 503. The van der Waals surface area contributed by atoms with Crippen LogP contribution < -0.4 is 10.5 Å². The molecule has 3 N–H and O–H groups in total. The zero-order valence-corrected chi connectivity index (χ0v) is 12.2. The van der Waals surface area contributed by atoms with Crippen molar-refractivity contribution < 1.29 is 8.42 Å². The topological polar surface area (TPSA) is 72.2 Å². The predicted molar refractivity (Wildman–Crippen MR) is 74.0 cm³/mol. The molecular formula is C12H19ClN2O2S. The van der Waals surface area contributed by atoms with Gasteiger partial charge in [0, 0.05) is 12.6 Å². The molecule has 1 rings (SSSR count). The largest absolute Gasteiger partial charge is 0.326 e. The van der Waals surface area contributed by atoms with Crippen molar-refractivity contribution in [1.82, 2.24) is 4.72 Å². The smallest absolute Gasteiger partial charge is 0.242 e. The zero-order valence-electron chi connectivity index (χ0n) is 10.6. The molecule has 0 spiro atoms. The van der Waals surface area contributed by atoms with Crippen LogP contribution in [-0.2, 0) is 16.6 Å². The van der Waals surface area contributed by atoms with E-state index >= 15 is 0 Å². The number of hydrogen-bond donors (Lipinski definition) is 2. The summed E-state index contributed by atoms with van der Waals surface area (Å²) in [5.74, 6) is 0. The minimum atomic E-state index is -3.58. The highest BCUT2D eigenvalue weighted by Gasteiger charge is 2.20. The number of rotatable bonds is 6. The van der Waals surface area contributed by atoms with Crippen LogP contribution >= 0.6 is 11.6 Å². The Morgan fingerprint density at radius 1 is 1.44 bits per heavy atom. The Kier molecular flexibility index (Phi) is 5.59. The Morgan fingerprint density at radius 2 is 2.11 bits per heavy atom. The summed E-state index contributed by atoms with van der Waals surface area (Å²) in [6.07, 6.45) is 1.70. The van der Waals surface area contributed by atoms with Gasteiger partial charge in [0.1, 0.15) is 4.90 Å². The number of sulfonamides is 1. The Morgan fingerprint density at radius 3 is 2.67 bits per heavy atom. The molecule has 0 amide bonds. The molecule has 0 bridgehead atoms. The molecule has 0 aliphatic rings. The highest BCUT2D eigenvalue weighted by molar-refractivity contribution is 7.89. The lowest BCUT2D eigenvalue weighted by molar-refractivity contribution is 0.544. The highest BCUT2D eigenvalue weighted by atomic mass is 35.5. The molecule has 1 atom stereocenters. The molecule has 0 aliphatic heterocycles. The van der Waals surface area contributed by atoms with Crippen molar-refractivity contribution in [3.8, 4) is 0 Å². The van der Waals surface area contributed by atoms with Gasteiger partial charge in [0.25, 0.3) is 0 Å². The van der Waals surface area contributed by atoms with Gasteiger partial charge in [-0.2, -0.15) is 0 Å². The van der Waals surface area contributed by atoms with E-state index in [0.717, 1.165) is 18.4 Å². The normalized spacial score (nSPS) is 13.6. The molecule has 0 saturated heterocycles. The number of nitrogens with two attached hydrogens (primary N) is 1. The SMILES string of the molecule is CCCC(C)NS(=O)(=O)c1cc(CN)ccc1Cl. The number of hydrogen-bond acceptors (Lipinski definition) is 3. The van der Waals surface area contributed by atoms with Crippen LogP contribution in [0.2, 0.25) is 5.02 Å². The molecule has 1 aromatic carbocycles. The first-order chi connectivity index (χ1) is 8.40. The quantitative estimate of drug-likeness (QED) is 0.844. The van der Waals surface area contributed by atoms with E-state index < -0.39 is 10.0 Å². The molecule has 6 heteroatoms. The fourth-order valence-electron chi connectivity index (χ4n) is 1.70. The Balaban J connectivity index is 3.04. The van der Waals surface area contributed by atoms with Crippen molar-refractivity contribution in [3.63, 3.8) is 0 Å². The summed E-state index contributed by atoms with van der Waals surface area (Å²) in [5.41, 5.74) is 6.24. The monoisotopic (exact) mass is 290 g/mol. The predicted octanol–water partition coefficient (Wildman–Crippen LogP) is 2.27. The number of halogens is 1. The first-order valence-corrected chi connectivity index (χ1v) is 7.77. The van der Waals surface area contributed by atoms with Gasteiger partial charge in [-0.3, -0.25) is 0 Å². The van der Waals surface area contributed by atoms with Crippen LogP contribution in [0.5, 0.6) is 0 Å².